The molecule has 0 atom stereocenters. The van der Waals surface area contributed by atoms with E-state index in [9.17, 15) is 4.79 Å². The molecule has 0 saturated heterocycles. The minimum Gasteiger partial charge on any atom is -0.370 e. The minimum absolute atomic E-state index is 0.196. The van der Waals surface area contributed by atoms with Gasteiger partial charge in [-0.3, -0.25) is 4.79 Å². The van der Waals surface area contributed by atoms with Crippen LogP contribution >= 0.6 is 0 Å². The lowest BCUT2D eigenvalue weighted by Crippen LogP contribution is -2.09. The number of carbonyl (C=O) groups excluding carboxylic acids is 1. The molecule has 0 radical (unpaired) electrons. The van der Waals surface area contributed by atoms with E-state index in [1.54, 1.807) is 0 Å². The van der Waals surface area contributed by atoms with Gasteiger partial charge in [0.25, 0.3) is 0 Å². The van der Waals surface area contributed by atoms with Crippen LogP contribution in [0, 0.1) is 0 Å². The number of hydrogen-bond donors (Lipinski definition) is 1. The fourth-order valence-corrected chi connectivity index (χ4v) is 0.560. The van der Waals surface area contributed by atoms with E-state index in [1.165, 1.54) is 5.57 Å². The molecular formula is C6H9NO. The summed E-state index contributed by atoms with van der Waals surface area (Å²) in [7, 11) is 0. The first-order chi connectivity index (χ1) is 3.79. The van der Waals surface area contributed by atoms with E-state index in [1.807, 2.05) is 0 Å². The van der Waals surface area contributed by atoms with Crippen LogP contribution in [0.4, 0.5) is 0 Å². The number of carbonyl (C=O) groups is 1. The summed E-state index contributed by atoms with van der Waals surface area (Å²) in [6, 6.07) is 0. The van der Waals surface area contributed by atoms with Crippen molar-refractivity contribution < 1.29 is 4.79 Å². The van der Waals surface area contributed by atoms with E-state index >= 15 is 0 Å². The molecule has 0 aromatic carbocycles. The van der Waals surface area contributed by atoms with Crippen LogP contribution in [0.25, 0.3) is 0 Å². The van der Waals surface area contributed by atoms with Gasteiger partial charge in [0, 0.05) is 6.42 Å². The molecular weight excluding hydrogens is 102 g/mol. The minimum atomic E-state index is -0.196. The summed E-state index contributed by atoms with van der Waals surface area (Å²) >= 11 is 0. The van der Waals surface area contributed by atoms with Gasteiger partial charge in [0.1, 0.15) is 0 Å². The maximum absolute atomic E-state index is 10.1. The van der Waals surface area contributed by atoms with Gasteiger partial charge in [-0.2, -0.15) is 0 Å². The van der Waals surface area contributed by atoms with Gasteiger partial charge in [0.2, 0.25) is 5.91 Å². The zero-order valence-electron chi connectivity index (χ0n) is 4.68. The second-order valence-corrected chi connectivity index (χ2v) is 2.03. The molecule has 1 aliphatic carbocycles. The average Bonchev–Trinajstić information content (AvgIpc) is 2.41. The maximum atomic E-state index is 10.1. The van der Waals surface area contributed by atoms with Crippen LogP contribution in [-0.4, -0.2) is 5.91 Å². The number of nitrogens with two attached hydrogens (primary N) is 1. The monoisotopic (exact) mass is 111 g/mol. The van der Waals surface area contributed by atoms with Crippen LogP contribution in [-0.2, 0) is 4.79 Å². The van der Waals surface area contributed by atoms with Crippen molar-refractivity contribution in [3.8, 4) is 0 Å². The Hall–Kier alpha value is -0.790. The van der Waals surface area contributed by atoms with Gasteiger partial charge in [-0.05, 0) is 12.8 Å². The predicted molar refractivity (Wildman–Crippen MR) is 31.1 cm³/mol. The van der Waals surface area contributed by atoms with Crippen LogP contribution in [0.3, 0.4) is 0 Å². The molecule has 1 rings (SSSR count). The molecule has 0 aromatic rings. The van der Waals surface area contributed by atoms with E-state index < -0.39 is 0 Å². The highest BCUT2D eigenvalue weighted by molar-refractivity contribution is 5.74. The van der Waals surface area contributed by atoms with Crippen molar-refractivity contribution in [2.24, 2.45) is 5.73 Å². The predicted octanol–water partition coefficient (Wildman–Crippen LogP) is 0.582. The normalized spacial score (nSPS) is 15.2. The van der Waals surface area contributed by atoms with Gasteiger partial charge in [-0.25, -0.2) is 0 Å². The summed E-state index contributed by atoms with van der Waals surface area (Å²) in [5, 5.41) is 0. The molecule has 0 aliphatic heterocycles. The van der Waals surface area contributed by atoms with Gasteiger partial charge < -0.3 is 5.73 Å². The molecule has 1 amide bonds. The van der Waals surface area contributed by atoms with Crippen LogP contribution < -0.4 is 5.73 Å². The Morgan fingerprint density at radius 2 is 2.50 bits per heavy atom. The number of amides is 1. The summed E-state index contributed by atoms with van der Waals surface area (Å²) in [6.45, 7) is 0. The molecule has 0 unspecified atom stereocenters. The van der Waals surface area contributed by atoms with E-state index in [-0.39, 0.29) is 5.91 Å². The van der Waals surface area contributed by atoms with Crippen molar-refractivity contribution in [2.75, 3.05) is 0 Å². The number of allylic oxidation sites excluding steroid dienone is 2. The zero-order chi connectivity index (χ0) is 5.98. The Balaban J connectivity index is 2.04. The summed E-state index contributed by atoms with van der Waals surface area (Å²) in [5.41, 5.74) is 6.28. The molecule has 0 spiro atoms. The molecule has 0 heterocycles. The van der Waals surface area contributed by atoms with Gasteiger partial charge in [0.05, 0.1) is 0 Å². The first-order valence-corrected chi connectivity index (χ1v) is 2.75. The average molecular weight is 111 g/mol. The Labute approximate surface area is 48.4 Å². The van der Waals surface area contributed by atoms with Gasteiger partial charge in [-0.15, -0.1) is 0 Å². The highest BCUT2D eigenvalue weighted by atomic mass is 16.1. The molecule has 0 bridgehead atoms. The van der Waals surface area contributed by atoms with Gasteiger partial charge >= 0.3 is 0 Å². The molecule has 2 heteroatoms. The largest absolute Gasteiger partial charge is 0.370 e. The van der Waals surface area contributed by atoms with E-state index in [4.69, 9.17) is 5.73 Å². The number of hydrogen-bond acceptors (Lipinski definition) is 1. The summed E-state index contributed by atoms with van der Waals surface area (Å²) in [6.07, 6.45) is 4.62. The zero-order valence-corrected chi connectivity index (χ0v) is 4.68. The quantitative estimate of drug-likeness (QED) is 0.532. The molecule has 0 fully saturated rings. The standard InChI is InChI=1S/C6H9NO/c7-6(8)4-3-5-1-2-5/h1H,2-4H2,(H2,7,8). The molecule has 0 aromatic heterocycles. The summed E-state index contributed by atoms with van der Waals surface area (Å²) < 4.78 is 0. The lowest BCUT2D eigenvalue weighted by Gasteiger charge is -1.86. The maximum Gasteiger partial charge on any atom is 0.217 e. The number of primary amides is 1. The summed E-state index contributed by atoms with van der Waals surface area (Å²) in [5.74, 6) is -0.196. The van der Waals surface area contributed by atoms with Crippen LogP contribution in [0.15, 0.2) is 11.6 Å². The second kappa shape index (κ2) is 1.99. The third-order valence-electron chi connectivity index (χ3n) is 1.19. The van der Waals surface area contributed by atoms with Crippen LogP contribution in [0.5, 0.6) is 0 Å². The second-order valence-electron chi connectivity index (χ2n) is 2.03. The topological polar surface area (TPSA) is 43.1 Å². The molecule has 1 aliphatic rings. The molecule has 0 saturated carbocycles. The van der Waals surface area contributed by atoms with E-state index in [0.29, 0.717) is 6.42 Å². The van der Waals surface area contributed by atoms with Crippen molar-refractivity contribution >= 4 is 5.91 Å². The van der Waals surface area contributed by atoms with Crippen LogP contribution in [0.2, 0.25) is 0 Å². The highest BCUT2D eigenvalue weighted by Gasteiger charge is 2.06. The first-order valence-electron chi connectivity index (χ1n) is 2.75. The SMILES string of the molecule is NC(=O)CCC1=CC1. The Morgan fingerprint density at radius 1 is 1.88 bits per heavy atom. The highest BCUT2D eigenvalue weighted by Crippen LogP contribution is 2.22. The van der Waals surface area contributed by atoms with Crippen molar-refractivity contribution in [1.82, 2.24) is 0 Å². The van der Waals surface area contributed by atoms with Gasteiger partial charge in [-0.1, -0.05) is 11.6 Å². The number of rotatable bonds is 3. The van der Waals surface area contributed by atoms with Gasteiger partial charge in [0.15, 0.2) is 0 Å². The van der Waals surface area contributed by atoms with Crippen molar-refractivity contribution in [2.45, 2.75) is 19.3 Å². The van der Waals surface area contributed by atoms with Crippen molar-refractivity contribution in [3.63, 3.8) is 0 Å². The molecule has 2 nitrogen and oxygen atoms in total. The Bertz CT molecular complexity index is 135. The fourth-order valence-electron chi connectivity index (χ4n) is 0.560. The van der Waals surface area contributed by atoms with Crippen molar-refractivity contribution in [3.05, 3.63) is 11.6 Å². The van der Waals surface area contributed by atoms with Crippen molar-refractivity contribution in [1.29, 1.82) is 0 Å². The lowest BCUT2D eigenvalue weighted by atomic mass is 10.2. The van der Waals surface area contributed by atoms with E-state index in [2.05, 4.69) is 6.08 Å². The Kier molecular flexibility index (Phi) is 1.33. The smallest absolute Gasteiger partial charge is 0.217 e. The van der Waals surface area contributed by atoms with Crippen LogP contribution in [0.1, 0.15) is 19.3 Å². The third-order valence-corrected chi connectivity index (χ3v) is 1.19. The Morgan fingerprint density at radius 3 is 2.88 bits per heavy atom. The lowest BCUT2D eigenvalue weighted by molar-refractivity contribution is -0.117. The molecule has 44 valence electrons. The molecule has 8 heavy (non-hydrogen) atoms. The third kappa shape index (κ3) is 1.78. The van der Waals surface area contributed by atoms with E-state index in [0.717, 1.165) is 12.8 Å². The molecule has 2 N–H and O–H groups in total. The first kappa shape index (κ1) is 5.35. The summed E-state index contributed by atoms with van der Waals surface area (Å²) in [4.78, 5) is 10.1. The fraction of sp³-hybridized carbons (Fsp3) is 0.500.